The summed E-state index contributed by atoms with van der Waals surface area (Å²) in [6, 6.07) is 1.97. The van der Waals surface area contributed by atoms with E-state index in [0.29, 0.717) is 17.2 Å². The molecule has 25 heavy (non-hydrogen) atoms. The quantitative estimate of drug-likeness (QED) is 0.813. The summed E-state index contributed by atoms with van der Waals surface area (Å²) in [6.07, 6.45) is 7.74. The Morgan fingerprint density at radius 3 is 2.76 bits per heavy atom. The van der Waals surface area contributed by atoms with E-state index in [9.17, 15) is 9.59 Å². The molecule has 3 aliphatic carbocycles. The maximum Gasteiger partial charge on any atom is 0.382 e. The van der Waals surface area contributed by atoms with Gasteiger partial charge in [0.25, 0.3) is 5.91 Å². The number of hydrogen-bond donors (Lipinski definition) is 2. The van der Waals surface area contributed by atoms with Gasteiger partial charge in [0.05, 0.1) is 4.70 Å². The van der Waals surface area contributed by atoms with E-state index >= 15 is 0 Å². The van der Waals surface area contributed by atoms with Gasteiger partial charge in [0.15, 0.2) is 0 Å². The minimum absolute atomic E-state index is 0.150. The molecule has 5 rings (SSSR count). The van der Waals surface area contributed by atoms with Crippen LogP contribution in [0, 0.1) is 23.7 Å². The number of aliphatic carboxylic acids is 1. The van der Waals surface area contributed by atoms with Crippen LogP contribution in [0.2, 0.25) is 0 Å². The molecule has 3 saturated carbocycles. The molecule has 2 aromatic heterocycles. The highest BCUT2D eigenvalue weighted by atomic mass is 32.1. The first kappa shape index (κ1) is 16.1. The lowest BCUT2D eigenvalue weighted by molar-refractivity contribution is -0.130. The molecule has 2 N–H and O–H groups in total. The number of amides is 1. The second-order valence-corrected chi connectivity index (χ2v) is 7.78. The number of carbonyl (C=O) groups excluding carboxylic acids is 1. The van der Waals surface area contributed by atoms with Crippen LogP contribution < -0.4 is 5.32 Å². The number of nitrogens with one attached hydrogen (secondary N) is 1. The van der Waals surface area contributed by atoms with Gasteiger partial charge in [-0.15, -0.1) is 11.3 Å². The predicted molar refractivity (Wildman–Crippen MR) is 95.5 cm³/mol. The number of pyridine rings is 1. The van der Waals surface area contributed by atoms with Crippen molar-refractivity contribution in [1.82, 2.24) is 10.3 Å². The van der Waals surface area contributed by atoms with Gasteiger partial charge in [0.1, 0.15) is 5.69 Å². The van der Waals surface area contributed by atoms with Crippen molar-refractivity contribution in [2.24, 2.45) is 11.8 Å². The fraction of sp³-hybridized carbons (Fsp3) is 0.421. The third-order valence-corrected chi connectivity index (χ3v) is 6.30. The molecule has 2 aromatic rings. The van der Waals surface area contributed by atoms with Crippen molar-refractivity contribution in [3.8, 4) is 11.8 Å². The highest BCUT2D eigenvalue weighted by molar-refractivity contribution is 7.17. The Morgan fingerprint density at radius 1 is 1.28 bits per heavy atom. The maximum atomic E-state index is 12.6. The zero-order valence-electron chi connectivity index (χ0n) is 13.6. The summed E-state index contributed by atoms with van der Waals surface area (Å²) >= 11 is 1.44. The van der Waals surface area contributed by atoms with Crippen LogP contribution >= 0.6 is 11.3 Å². The van der Waals surface area contributed by atoms with Crippen LogP contribution in [0.15, 0.2) is 17.6 Å². The molecule has 3 aliphatic rings. The molecule has 0 spiro atoms. The van der Waals surface area contributed by atoms with E-state index in [-0.39, 0.29) is 11.9 Å². The fourth-order valence-corrected chi connectivity index (χ4v) is 4.91. The number of aromatic nitrogens is 1. The number of rotatable bonds is 2. The van der Waals surface area contributed by atoms with Crippen molar-refractivity contribution >= 4 is 33.3 Å². The standard InChI is InChI=1S/C19H18N2O3S/c22-18(23)6-5-13-10-25-17-9-20-16(8-14(13)17)19(24)21-15-7-11-1-3-12(15)4-2-11/h8-12,15H,1-4,7H2,(H,21,24)(H,22,23). The molecule has 1 atom stereocenters. The molecule has 128 valence electrons. The molecular formula is C19H18N2O3S. The monoisotopic (exact) mass is 354 g/mol. The summed E-state index contributed by atoms with van der Waals surface area (Å²) in [5, 5.41) is 14.5. The van der Waals surface area contributed by atoms with E-state index in [2.05, 4.69) is 22.1 Å². The Bertz CT molecular complexity index is 900. The van der Waals surface area contributed by atoms with Crippen molar-refractivity contribution in [1.29, 1.82) is 0 Å². The molecule has 1 unspecified atom stereocenters. The molecule has 0 aromatic carbocycles. The molecule has 6 heteroatoms. The van der Waals surface area contributed by atoms with Crippen molar-refractivity contribution in [2.45, 2.75) is 38.1 Å². The number of carboxylic acid groups (broad SMARTS) is 1. The van der Waals surface area contributed by atoms with Gasteiger partial charge in [-0.25, -0.2) is 9.78 Å². The number of fused-ring (bicyclic) bond motifs is 4. The van der Waals surface area contributed by atoms with Gasteiger partial charge < -0.3 is 10.4 Å². The minimum atomic E-state index is -1.17. The van der Waals surface area contributed by atoms with Crippen molar-refractivity contribution < 1.29 is 14.7 Å². The maximum absolute atomic E-state index is 12.6. The molecule has 0 radical (unpaired) electrons. The Labute approximate surface area is 149 Å². The summed E-state index contributed by atoms with van der Waals surface area (Å²) in [5.74, 6) is 4.79. The Morgan fingerprint density at radius 2 is 2.08 bits per heavy atom. The fourth-order valence-electron chi connectivity index (χ4n) is 4.07. The van der Waals surface area contributed by atoms with Crippen LogP contribution in [0.25, 0.3) is 10.1 Å². The summed E-state index contributed by atoms with van der Waals surface area (Å²) in [6.45, 7) is 0. The zero-order chi connectivity index (χ0) is 17.4. The average Bonchev–Trinajstić information content (AvgIpc) is 3.03. The summed E-state index contributed by atoms with van der Waals surface area (Å²) < 4.78 is 0.892. The molecule has 5 nitrogen and oxygen atoms in total. The largest absolute Gasteiger partial charge is 0.472 e. The molecule has 3 fully saturated rings. The highest BCUT2D eigenvalue weighted by Gasteiger charge is 2.36. The van der Waals surface area contributed by atoms with Gasteiger partial charge in [0, 0.05) is 34.5 Å². The Hall–Kier alpha value is -2.39. The van der Waals surface area contributed by atoms with Gasteiger partial charge in [-0.2, -0.15) is 0 Å². The van der Waals surface area contributed by atoms with Crippen LogP contribution in [0.5, 0.6) is 0 Å². The van der Waals surface area contributed by atoms with E-state index in [1.165, 1.54) is 37.0 Å². The smallest absolute Gasteiger partial charge is 0.382 e. The van der Waals surface area contributed by atoms with Crippen LogP contribution in [-0.2, 0) is 4.79 Å². The molecule has 1 amide bonds. The van der Waals surface area contributed by atoms with Crippen molar-refractivity contribution in [2.75, 3.05) is 0 Å². The van der Waals surface area contributed by atoms with Crippen molar-refractivity contribution in [3.63, 3.8) is 0 Å². The third kappa shape index (κ3) is 3.24. The zero-order valence-corrected chi connectivity index (χ0v) is 14.4. The number of thiophene rings is 1. The SMILES string of the molecule is O=C(O)C#Cc1csc2cnc(C(=O)NC3CC4CCC3CC4)cc12. The second kappa shape index (κ2) is 6.49. The first-order chi connectivity index (χ1) is 12.1. The molecule has 2 bridgehead atoms. The van der Waals surface area contributed by atoms with Gasteiger partial charge in [0.2, 0.25) is 0 Å². The molecule has 2 heterocycles. The molecule has 0 saturated heterocycles. The Kier molecular flexibility index (Phi) is 4.18. The van der Waals surface area contributed by atoms with E-state index < -0.39 is 5.97 Å². The number of carbonyl (C=O) groups is 2. The van der Waals surface area contributed by atoms with Gasteiger partial charge >= 0.3 is 5.97 Å². The van der Waals surface area contributed by atoms with Crippen LogP contribution in [0.4, 0.5) is 0 Å². The van der Waals surface area contributed by atoms with Crippen LogP contribution in [-0.4, -0.2) is 28.0 Å². The lowest BCUT2D eigenvalue weighted by atomic mass is 9.68. The summed E-state index contributed by atoms with van der Waals surface area (Å²) in [4.78, 5) is 27.6. The van der Waals surface area contributed by atoms with Crippen LogP contribution in [0.3, 0.4) is 0 Å². The Balaban J connectivity index is 1.56. The first-order valence-electron chi connectivity index (χ1n) is 8.53. The van der Waals surface area contributed by atoms with Gasteiger partial charge in [-0.1, -0.05) is 18.8 Å². The summed E-state index contributed by atoms with van der Waals surface area (Å²) in [7, 11) is 0. The van der Waals surface area contributed by atoms with E-state index in [1.807, 2.05) is 0 Å². The lowest BCUT2D eigenvalue weighted by Crippen LogP contribution is -2.47. The van der Waals surface area contributed by atoms with Gasteiger partial charge in [-0.05, 0) is 37.2 Å². The van der Waals surface area contributed by atoms with E-state index in [0.717, 1.165) is 22.4 Å². The van der Waals surface area contributed by atoms with Crippen LogP contribution in [0.1, 0.15) is 48.2 Å². The third-order valence-electron chi connectivity index (χ3n) is 5.36. The topological polar surface area (TPSA) is 79.3 Å². The minimum Gasteiger partial charge on any atom is -0.472 e. The summed E-state index contributed by atoms with van der Waals surface area (Å²) in [5.41, 5.74) is 0.987. The number of nitrogens with zero attached hydrogens (tertiary/aromatic N) is 1. The highest BCUT2D eigenvalue weighted by Crippen LogP contribution is 2.41. The number of carboxylic acids is 1. The second-order valence-electron chi connectivity index (χ2n) is 6.87. The number of hydrogen-bond acceptors (Lipinski definition) is 4. The van der Waals surface area contributed by atoms with Crippen molar-refractivity contribution in [3.05, 3.63) is 28.9 Å². The van der Waals surface area contributed by atoms with E-state index in [1.54, 1.807) is 17.6 Å². The predicted octanol–water partition coefficient (Wildman–Crippen LogP) is 3.04. The normalized spacial score (nSPS) is 24.6. The van der Waals surface area contributed by atoms with Gasteiger partial charge in [-0.3, -0.25) is 4.79 Å². The molecule has 0 aliphatic heterocycles. The first-order valence-corrected chi connectivity index (χ1v) is 9.41. The molecular weight excluding hydrogens is 336 g/mol. The lowest BCUT2D eigenvalue weighted by Gasteiger charge is -2.42. The van der Waals surface area contributed by atoms with E-state index in [4.69, 9.17) is 5.11 Å². The average molecular weight is 354 g/mol.